The second-order valence-electron chi connectivity index (χ2n) is 6.94. The van der Waals surface area contributed by atoms with Crippen molar-refractivity contribution in [3.05, 3.63) is 46.0 Å². The lowest BCUT2D eigenvalue weighted by atomic mass is 9.95. The molecule has 0 saturated carbocycles. The summed E-state index contributed by atoms with van der Waals surface area (Å²) in [6.07, 6.45) is 2.37. The molecule has 0 fully saturated rings. The number of hydrogen-bond donors (Lipinski definition) is 2. The van der Waals surface area contributed by atoms with Crippen molar-refractivity contribution in [1.82, 2.24) is 5.43 Å². The Hall–Kier alpha value is -3.24. The molecule has 0 spiro atoms. The van der Waals surface area contributed by atoms with Crippen LogP contribution in [0.25, 0.3) is 0 Å². The monoisotopic (exact) mass is 476 g/mol. The minimum atomic E-state index is -0.240. The van der Waals surface area contributed by atoms with Crippen molar-refractivity contribution >= 4 is 40.9 Å². The second kappa shape index (κ2) is 9.49. The highest BCUT2D eigenvalue weighted by atomic mass is 35.5. The number of nitrogens with one attached hydrogen (secondary N) is 1. The number of fused-ring (bicyclic) bond motifs is 1. The van der Waals surface area contributed by atoms with Gasteiger partial charge in [-0.15, -0.1) is 0 Å². The molecule has 2 aliphatic rings. The fourth-order valence-corrected chi connectivity index (χ4v) is 3.80. The zero-order valence-electron chi connectivity index (χ0n) is 17.4. The van der Waals surface area contributed by atoms with E-state index in [2.05, 4.69) is 15.7 Å². The summed E-state index contributed by atoms with van der Waals surface area (Å²) in [4.78, 5) is 5.73. The maximum absolute atomic E-state index is 5.99. The van der Waals surface area contributed by atoms with Crippen molar-refractivity contribution in [2.75, 3.05) is 21.0 Å². The van der Waals surface area contributed by atoms with Gasteiger partial charge in [-0.3, -0.25) is 5.43 Å². The average Bonchev–Trinajstić information content (AvgIpc) is 3.44. The Morgan fingerprint density at radius 2 is 1.97 bits per heavy atom. The molecule has 0 bridgehead atoms. The molecule has 3 N–H and O–H groups in total. The van der Waals surface area contributed by atoms with E-state index in [9.17, 15) is 0 Å². The number of thiocarbonyl (C=S) groups is 1. The van der Waals surface area contributed by atoms with Crippen molar-refractivity contribution in [3.8, 4) is 23.0 Å². The molecule has 2 aliphatic heterocycles. The van der Waals surface area contributed by atoms with Crippen LogP contribution >= 0.6 is 23.8 Å². The van der Waals surface area contributed by atoms with E-state index in [1.165, 1.54) is 0 Å². The Labute approximate surface area is 195 Å². The van der Waals surface area contributed by atoms with E-state index < -0.39 is 0 Å². The number of oxime groups is 1. The molecule has 9 nitrogen and oxygen atoms in total. The van der Waals surface area contributed by atoms with Crippen molar-refractivity contribution in [2.45, 2.75) is 18.9 Å². The quantitative estimate of drug-likeness (QED) is 0.356. The summed E-state index contributed by atoms with van der Waals surface area (Å²) in [7, 11) is 3.10. The first-order chi connectivity index (χ1) is 15.5. The van der Waals surface area contributed by atoms with Crippen LogP contribution in [-0.4, -0.2) is 44.2 Å². The summed E-state index contributed by atoms with van der Waals surface area (Å²) in [5, 5.41) is 9.07. The number of methoxy groups -OCH3 is 2. The fourth-order valence-electron chi connectivity index (χ4n) is 3.63. The van der Waals surface area contributed by atoms with E-state index in [1.807, 2.05) is 24.3 Å². The predicted octanol–water partition coefficient (Wildman–Crippen LogP) is 2.99. The van der Waals surface area contributed by atoms with E-state index >= 15 is 0 Å². The Morgan fingerprint density at radius 3 is 2.66 bits per heavy atom. The number of hydrogen-bond acceptors (Lipinski definition) is 8. The molecule has 0 unspecified atom stereocenters. The molecular formula is C21H21ClN4O5S. The van der Waals surface area contributed by atoms with E-state index in [1.54, 1.807) is 20.4 Å². The lowest BCUT2D eigenvalue weighted by molar-refractivity contribution is 0.0853. The molecule has 168 valence electrons. The minimum absolute atomic E-state index is 0.0391. The summed E-state index contributed by atoms with van der Waals surface area (Å²) in [5.41, 5.74) is 11.2. The number of hydrazone groups is 1. The summed E-state index contributed by atoms with van der Waals surface area (Å²) >= 11 is 10.8. The zero-order valence-corrected chi connectivity index (χ0v) is 19.0. The molecule has 0 aliphatic carbocycles. The lowest BCUT2D eigenvalue weighted by Crippen LogP contribution is -2.24. The molecule has 2 aromatic carbocycles. The first-order valence-corrected chi connectivity index (χ1v) is 10.4. The van der Waals surface area contributed by atoms with Gasteiger partial charge in [-0.2, -0.15) is 5.10 Å². The first kappa shape index (κ1) is 22.0. The number of rotatable bonds is 7. The smallest absolute Gasteiger partial charge is 0.231 e. The van der Waals surface area contributed by atoms with Gasteiger partial charge in [0.25, 0.3) is 0 Å². The van der Waals surface area contributed by atoms with Crippen LogP contribution in [-0.2, 0) is 11.3 Å². The second-order valence-corrected chi connectivity index (χ2v) is 7.81. The van der Waals surface area contributed by atoms with Crippen molar-refractivity contribution in [3.63, 3.8) is 0 Å². The molecule has 0 radical (unpaired) electrons. The summed E-state index contributed by atoms with van der Waals surface area (Å²) < 4.78 is 22.6. The third-order valence-corrected chi connectivity index (χ3v) is 5.33. The number of nitrogens with two attached hydrogens (primary N) is 1. The lowest BCUT2D eigenvalue weighted by Gasteiger charge is -2.19. The van der Waals surface area contributed by atoms with Gasteiger partial charge in [-0.25, -0.2) is 0 Å². The highest BCUT2D eigenvalue weighted by molar-refractivity contribution is 7.80. The Morgan fingerprint density at radius 1 is 1.25 bits per heavy atom. The number of nitrogens with zero attached hydrogens (tertiary/aromatic N) is 2. The summed E-state index contributed by atoms with van der Waals surface area (Å²) in [6, 6.07) is 7.47. The van der Waals surface area contributed by atoms with Crippen LogP contribution in [0, 0.1) is 0 Å². The molecule has 4 rings (SSSR count). The third-order valence-electron chi connectivity index (χ3n) is 4.99. The molecule has 11 heteroatoms. The van der Waals surface area contributed by atoms with E-state index in [0.29, 0.717) is 46.4 Å². The molecule has 32 heavy (non-hydrogen) atoms. The average molecular weight is 477 g/mol. The highest BCUT2D eigenvalue weighted by Crippen LogP contribution is 2.52. The van der Waals surface area contributed by atoms with Gasteiger partial charge in [0.15, 0.2) is 16.6 Å². The molecule has 0 aromatic heterocycles. The zero-order chi connectivity index (χ0) is 22.7. The fraction of sp³-hybridized carbons (Fsp3) is 0.286. The normalized spacial score (nSPS) is 16.6. The Balaban J connectivity index is 1.67. The van der Waals surface area contributed by atoms with Gasteiger partial charge < -0.3 is 29.5 Å². The highest BCUT2D eigenvalue weighted by Gasteiger charge is 2.33. The van der Waals surface area contributed by atoms with E-state index in [4.69, 9.17) is 53.3 Å². The molecule has 1 atom stereocenters. The largest absolute Gasteiger partial charge is 0.492 e. The van der Waals surface area contributed by atoms with Gasteiger partial charge >= 0.3 is 0 Å². The van der Waals surface area contributed by atoms with Gasteiger partial charge in [0.05, 0.1) is 26.1 Å². The standard InChI is InChI=1S/C21H21ClN4O5S/c1-27-17-14(7-13-8-16(26-31-13)11-3-5-12(22)6-4-11)15(9-24-25-21(23)32)18-20(19(17)28-2)30-10-29-18/h3-6,9,13H,7-8,10H2,1-2H3,(H3,23,25,32)/b24-9-/t13-/m1/s1. The van der Waals surface area contributed by atoms with Crippen LogP contribution < -0.4 is 30.1 Å². The molecule has 2 heterocycles. The molecule has 2 aromatic rings. The number of ether oxygens (including phenoxy) is 4. The van der Waals surface area contributed by atoms with Crippen LogP contribution in [0.2, 0.25) is 5.02 Å². The maximum Gasteiger partial charge on any atom is 0.231 e. The van der Waals surface area contributed by atoms with Crippen LogP contribution in [0.3, 0.4) is 0 Å². The SMILES string of the molecule is COc1c(C[C@@H]2CC(c3ccc(Cl)cc3)=NO2)c(/C=N\NC(N)=S)c2c(c1OC)OCO2. The molecule has 0 saturated heterocycles. The summed E-state index contributed by atoms with van der Waals surface area (Å²) in [5.74, 6) is 1.86. The topological polar surface area (TPSA) is 109 Å². The summed E-state index contributed by atoms with van der Waals surface area (Å²) in [6.45, 7) is 0.0472. The Kier molecular flexibility index (Phi) is 6.52. The van der Waals surface area contributed by atoms with Gasteiger partial charge in [0.1, 0.15) is 6.10 Å². The van der Waals surface area contributed by atoms with Crippen LogP contribution in [0.15, 0.2) is 34.5 Å². The maximum atomic E-state index is 5.99. The van der Waals surface area contributed by atoms with Gasteiger partial charge in [0, 0.05) is 29.0 Å². The third kappa shape index (κ3) is 4.37. The van der Waals surface area contributed by atoms with Crippen LogP contribution in [0.5, 0.6) is 23.0 Å². The van der Waals surface area contributed by atoms with Crippen molar-refractivity contribution in [2.24, 2.45) is 16.0 Å². The van der Waals surface area contributed by atoms with Gasteiger partial charge in [-0.1, -0.05) is 28.9 Å². The molecule has 0 amide bonds. The predicted molar refractivity (Wildman–Crippen MR) is 124 cm³/mol. The van der Waals surface area contributed by atoms with Crippen LogP contribution in [0.1, 0.15) is 23.1 Å². The van der Waals surface area contributed by atoms with Crippen molar-refractivity contribution < 1.29 is 23.8 Å². The van der Waals surface area contributed by atoms with E-state index in [-0.39, 0.29) is 18.0 Å². The van der Waals surface area contributed by atoms with Gasteiger partial charge in [-0.05, 0) is 29.9 Å². The number of halogens is 1. The molecular weight excluding hydrogens is 456 g/mol. The number of benzene rings is 2. The van der Waals surface area contributed by atoms with Crippen LogP contribution in [0.4, 0.5) is 0 Å². The van der Waals surface area contributed by atoms with E-state index in [0.717, 1.165) is 16.8 Å². The first-order valence-electron chi connectivity index (χ1n) is 9.65. The minimum Gasteiger partial charge on any atom is -0.492 e. The van der Waals surface area contributed by atoms with Crippen molar-refractivity contribution in [1.29, 1.82) is 0 Å². The Bertz CT molecular complexity index is 1090. The van der Waals surface area contributed by atoms with Gasteiger partial charge in [0.2, 0.25) is 18.3 Å².